The number of benzene rings is 1. The van der Waals surface area contributed by atoms with Crippen molar-refractivity contribution in [2.75, 3.05) is 25.0 Å². The molecule has 0 aromatic heterocycles. The average Bonchev–Trinajstić information content (AvgIpc) is 2.60. The molecule has 1 aromatic rings. The summed E-state index contributed by atoms with van der Waals surface area (Å²) in [6.45, 7) is 8.83. The molecule has 1 fully saturated rings. The Bertz CT molecular complexity index is 599. The number of carbonyl (C=O) groups is 2. The van der Waals surface area contributed by atoms with Gasteiger partial charge in [-0.1, -0.05) is 13.8 Å². The van der Waals surface area contributed by atoms with E-state index in [9.17, 15) is 9.59 Å². The van der Waals surface area contributed by atoms with E-state index < -0.39 is 0 Å². The number of carbonyl (C=O) groups excluding carboxylic acids is 2. The van der Waals surface area contributed by atoms with Gasteiger partial charge in [0.25, 0.3) is 5.91 Å². The van der Waals surface area contributed by atoms with Crippen LogP contribution in [0.25, 0.3) is 0 Å². The molecule has 1 aromatic carbocycles. The van der Waals surface area contributed by atoms with Crippen molar-refractivity contribution in [2.24, 2.45) is 11.8 Å². The van der Waals surface area contributed by atoms with Crippen LogP contribution in [0.4, 0.5) is 5.69 Å². The standard InChI is InChI=1S/C20H31N3O2.ClH/c1-14(2)13-22-20(25)17-5-6-18(15(3)12-17)23-19(24)7-4-16-8-10-21-11-9-16;/h5-6,12,14,16,21H,4,7-11,13H2,1-3H3,(H,22,25)(H,23,24);1H. The summed E-state index contributed by atoms with van der Waals surface area (Å²) >= 11 is 0. The van der Waals surface area contributed by atoms with Gasteiger partial charge in [-0.05, 0) is 74.9 Å². The van der Waals surface area contributed by atoms with Crippen molar-refractivity contribution >= 4 is 29.9 Å². The Hall–Kier alpha value is -1.59. The summed E-state index contributed by atoms with van der Waals surface area (Å²) in [5, 5.41) is 9.24. The molecule has 0 atom stereocenters. The Morgan fingerprint density at radius 3 is 2.54 bits per heavy atom. The van der Waals surface area contributed by atoms with Gasteiger partial charge >= 0.3 is 0 Å². The van der Waals surface area contributed by atoms with Gasteiger partial charge in [-0.3, -0.25) is 9.59 Å². The predicted molar refractivity (Wildman–Crippen MR) is 109 cm³/mol. The summed E-state index contributed by atoms with van der Waals surface area (Å²) in [6.07, 6.45) is 3.82. The summed E-state index contributed by atoms with van der Waals surface area (Å²) in [7, 11) is 0. The molecule has 6 heteroatoms. The van der Waals surface area contributed by atoms with E-state index in [-0.39, 0.29) is 24.2 Å². The molecule has 1 aliphatic heterocycles. The molecule has 0 unspecified atom stereocenters. The molecule has 146 valence electrons. The number of rotatable bonds is 7. The molecule has 26 heavy (non-hydrogen) atoms. The Balaban J connectivity index is 0.00000338. The predicted octanol–water partition coefficient (Wildman–Crippen LogP) is 3.52. The molecule has 0 bridgehead atoms. The van der Waals surface area contributed by atoms with Gasteiger partial charge in [0, 0.05) is 24.2 Å². The second-order valence-electron chi connectivity index (χ2n) is 7.41. The molecule has 0 spiro atoms. The summed E-state index contributed by atoms with van der Waals surface area (Å²) < 4.78 is 0. The summed E-state index contributed by atoms with van der Waals surface area (Å²) in [5.74, 6) is 1.06. The van der Waals surface area contributed by atoms with Crippen molar-refractivity contribution in [1.82, 2.24) is 10.6 Å². The van der Waals surface area contributed by atoms with Crippen molar-refractivity contribution in [3.8, 4) is 0 Å². The zero-order chi connectivity index (χ0) is 18.2. The van der Waals surface area contributed by atoms with E-state index >= 15 is 0 Å². The van der Waals surface area contributed by atoms with Crippen molar-refractivity contribution in [1.29, 1.82) is 0 Å². The fourth-order valence-electron chi connectivity index (χ4n) is 3.06. The zero-order valence-corrected chi connectivity index (χ0v) is 16.9. The van der Waals surface area contributed by atoms with Crippen molar-refractivity contribution < 1.29 is 9.59 Å². The lowest BCUT2D eigenvalue weighted by Gasteiger charge is -2.22. The SMILES string of the molecule is Cc1cc(C(=O)NCC(C)C)ccc1NC(=O)CCC1CCNCC1.Cl. The van der Waals surface area contributed by atoms with E-state index in [0.717, 1.165) is 43.6 Å². The molecule has 1 heterocycles. The average molecular weight is 382 g/mol. The maximum atomic E-state index is 12.2. The Kier molecular flexibility index (Phi) is 9.66. The van der Waals surface area contributed by atoms with Crippen LogP contribution in [0.15, 0.2) is 18.2 Å². The first kappa shape index (κ1) is 22.5. The lowest BCUT2D eigenvalue weighted by Crippen LogP contribution is -2.28. The van der Waals surface area contributed by atoms with Crippen LogP contribution >= 0.6 is 12.4 Å². The Labute approximate surface area is 163 Å². The highest BCUT2D eigenvalue weighted by atomic mass is 35.5. The number of hydrogen-bond donors (Lipinski definition) is 3. The Morgan fingerprint density at radius 1 is 1.23 bits per heavy atom. The second kappa shape index (κ2) is 11.2. The van der Waals surface area contributed by atoms with Gasteiger partial charge < -0.3 is 16.0 Å². The number of aryl methyl sites for hydroxylation is 1. The fraction of sp³-hybridized carbons (Fsp3) is 0.600. The van der Waals surface area contributed by atoms with E-state index in [1.807, 2.05) is 19.1 Å². The van der Waals surface area contributed by atoms with Gasteiger partial charge in [0.1, 0.15) is 0 Å². The van der Waals surface area contributed by atoms with Crippen molar-refractivity contribution in [2.45, 2.75) is 46.5 Å². The molecule has 1 aliphatic rings. The van der Waals surface area contributed by atoms with Crippen LogP contribution in [-0.2, 0) is 4.79 Å². The van der Waals surface area contributed by atoms with Crippen LogP contribution < -0.4 is 16.0 Å². The molecule has 5 nitrogen and oxygen atoms in total. The minimum Gasteiger partial charge on any atom is -0.352 e. The van der Waals surface area contributed by atoms with E-state index in [2.05, 4.69) is 29.8 Å². The first-order valence-electron chi connectivity index (χ1n) is 9.35. The van der Waals surface area contributed by atoms with Gasteiger partial charge in [0.05, 0.1) is 0 Å². The molecule has 2 rings (SSSR count). The van der Waals surface area contributed by atoms with Crippen molar-refractivity contribution in [3.63, 3.8) is 0 Å². The van der Waals surface area contributed by atoms with Crippen LogP contribution in [0.3, 0.4) is 0 Å². The molecule has 1 saturated heterocycles. The van der Waals surface area contributed by atoms with E-state index in [1.165, 1.54) is 0 Å². The lowest BCUT2D eigenvalue weighted by atomic mass is 9.93. The largest absolute Gasteiger partial charge is 0.352 e. The number of piperidine rings is 1. The first-order chi connectivity index (χ1) is 12.0. The third kappa shape index (κ3) is 7.34. The molecule has 0 saturated carbocycles. The number of hydrogen-bond acceptors (Lipinski definition) is 3. The smallest absolute Gasteiger partial charge is 0.251 e. The van der Waals surface area contributed by atoms with Crippen molar-refractivity contribution in [3.05, 3.63) is 29.3 Å². The van der Waals surface area contributed by atoms with E-state index in [0.29, 0.717) is 30.4 Å². The first-order valence-corrected chi connectivity index (χ1v) is 9.35. The molecule has 0 radical (unpaired) electrons. The Morgan fingerprint density at radius 2 is 1.92 bits per heavy atom. The molecular weight excluding hydrogens is 350 g/mol. The number of nitrogens with one attached hydrogen (secondary N) is 3. The highest BCUT2D eigenvalue weighted by Crippen LogP contribution is 2.20. The minimum atomic E-state index is -0.0689. The van der Waals surface area contributed by atoms with E-state index in [1.54, 1.807) is 6.07 Å². The molecule has 2 amide bonds. The highest BCUT2D eigenvalue weighted by Gasteiger charge is 2.15. The maximum absolute atomic E-state index is 12.2. The van der Waals surface area contributed by atoms with Gasteiger partial charge in [-0.15, -0.1) is 12.4 Å². The number of halogens is 1. The fourth-order valence-corrected chi connectivity index (χ4v) is 3.06. The molecular formula is C20H32ClN3O2. The molecule has 3 N–H and O–H groups in total. The zero-order valence-electron chi connectivity index (χ0n) is 16.1. The maximum Gasteiger partial charge on any atom is 0.251 e. The van der Waals surface area contributed by atoms with Gasteiger partial charge in [-0.2, -0.15) is 0 Å². The van der Waals surface area contributed by atoms with Gasteiger partial charge in [-0.25, -0.2) is 0 Å². The van der Waals surface area contributed by atoms with Gasteiger partial charge in [0.15, 0.2) is 0 Å². The normalized spacial score (nSPS) is 14.6. The summed E-state index contributed by atoms with van der Waals surface area (Å²) in [6, 6.07) is 5.42. The highest BCUT2D eigenvalue weighted by molar-refractivity contribution is 5.96. The quantitative estimate of drug-likeness (QED) is 0.676. The van der Waals surface area contributed by atoms with Crippen LogP contribution in [0.2, 0.25) is 0 Å². The van der Waals surface area contributed by atoms with Crippen LogP contribution in [0.5, 0.6) is 0 Å². The van der Waals surface area contributed by atoms with Gasteiger partial charge in [0.2, 0.25) is 5.91 Å². The minimum absolute atomic E-state index is 0. The monoisotopic (exact) mass is 381 g/mol. The molecule has 0 aliphatic carbocycles. The topological polar surface area (TPSA) is 70.2 Å². The second-order valence-corrected chi connectivity index (χ2v) is 7.41. The van der Waals surface area contributed by atoms with Crippen LogP contribution in [0, 0.1) is 18.8 Å². The lowest BCUT2D eigenvalue weighted by molar-refractivity contribution is -0.116. The summed E-state index contributed by atoms with van der Waals surface area (Å²) in [4.78, 5) is 24.3. The third-order valence-electron chi connectivity index (χ3n) is 4.67. The van der Waals surface area contributed by atoms with E-state index in [4.69, 9.17) is 0 Å². The third-order valence-corrected chi connectivity index (χ3v) is 4.67. The number of amides is 2. The summed E-state index contributed by atoms with van der Waals surface area (Å²) in [5.41, 5.74) is 2.33. The number of anilines is 1. The van der Waals surface area contributed by atoms with Crippen LogP contribution in [-0.4, -0.2) is 31.4 Å². The van der Waals surface area contributed by atoms with Crippen LogP contribution in [0.1, 0.15) is 55.5 Å².